The van der Waals surface area contributed by atoms with E-state index in [1.165, 1.54) is 0 Å². The van der Waals surface area contributed by atoms with Crippen LogP contribution in [0.25, 0.3) is 0 Å². The lowest BCUT2D eigenvalue weighted by Crippen LogP contribution is -2.26. The van der Waals surface area contributed by atoms with Gasteiger partial charge in [0.25, 0.3) is 0 Å². The van der Waals surface area contributed by atoms with E-state index in [0.717, 1.165) is 13.1 Å². The fraction of sp³-hybridized carbons (Fsp3) is 0.857. The molecular formula is C7H16N. The third-order valence-electron chi connectivity index (χ3n) is 0.832. The number of hydrogen-bond donors (Lipinski definition) is 1. The summed E-state index contributed by atoms with van der Waals surface area (Å²) < 4.78 is 0. The van der Waals surface area contributed by atoms with E-state index in [1.807, 2.05) is 0 Å². The summed E-state index contributed by atoms with van der Waals surface area (Å²) in [5.41, 5.74) is 0.400. The minimum Gasteiger partial charge on any atom is -0.316 e. The summed E-state index contributed by atoms with van der Waals surface area (Å²) in [7, 11) is 0. The smallest absolute Gasteiger partial charge is 0.0000125 e. The van der Waals surface area contributed by atoms with Crippen LogP contribution < -0.4 is 5.32 Å². The van der Waals surface area contributed by atoms with E-state index >= 15 is 0 Å². The zero-order chi connectivity index (χ0) is 6.62. The summed E-state index contributed by atoms with van der Waals surface area (Å²) in [6, 6.07) is 0. The molecule has 49 valence electrons. The monoisotopic (exact) mass is 114 g/mol. The van der Waals surface area contributed by atoms with Crippen molar-refractivity contribution >= 4 is 0 Å². The Hall–Kier alpha value is -0.0400. The van der Waals surface area contributed by atoms with Gasteiger partial charge in [-0.1, -0.05) is 20.8 Å². The van der Waals surface area contributed by atoms with E-state index in [4.69, 9.17) is 0 Å². The van der Waals surface area contributed by atoms with Gasteiger partial charge in [0, 0.05) is 0 Å². The molecule has 8 heavy (non-hydrogen) atoms. The fourth-order valence-electron chi connectivity index (χ4n) is 0.463. The van der Waals surface area contributed by atoms with Crippen LogP contribution in [0.4, 0.5) is 0 Å². The van der Waals surface area contributed by atoms with Crippen molar-refractivity contribution in [3.63, 3.8) is 0 Å². The van der Waals surface area contributed by atoms with E-state index in [9.17, 15) is 0 Å². The second-order valence-corrected chi connectivity index (χ2v) is 3.24. The minimum absolute atomic E-state index is 0.400. The van der Waals surface area contributed by atoms with Gasteiger partial charge in [-0.25, -0.2) is 0 Å². The SMILES string of the molecule is [CH2]CNCC(C)(C)C. The van der Waals surface area contributed by atoms with Crippen molar-refractivity contribution in [1.82, 2.24) is 5.32 Å². The molecule has 0 fully saturated rings. The van der Waals surface area contributed by atoms with E-state index in [2.05, 4.69) is 33.0 Å². The fourth-order valence-corrected chi connectivity index (χ4v) is 0.463. The minimum atomic E-state index is 0.400. The highest BCUT2D eigenvalue weighted by molar-refractivity contribution is 4.64. The highest BCUT2D eigenvalue weighted by Gasteiger charge is 2.06. The van der Waals surface area contributed by atoms with E-state index in [0.29, 0.717) is 5.41 Å². The van der Waals surface area contributed by atoms with Gasteiger partial charge >= 0.3 is 0 Å². The zero-order valence-corrected chi connectivity index (χ0v) is 6.12. The Morgan fingerprint density at radius 1 is 1.38 bits per heavy atom. The molecule has 0 aromatic heterocycles. The van der Waals surface area contributed by atoms with Crippen molar-refractivity contribution in [2.75, 3.05) is 13.1 Å². The maximum atomic E-state index is 3.68. The predicted molar refractivity (Wildman–Crippen MR) is 37.7 cm³/mol. The molecule has 1 heteroatoms. The Morgan fingerprint density at radius 3 is 2.00 bits per heavy atom. The van der Waals surface area contributed by atoms with Gasteiger partial charge in [0.2, 0.25) is 0 Å². The summed E-state index contributed by atoms with van der Waals surface area (Å²) in [6.07, 6.45) is 0. The molecule has 1 radical (unpaired) electrons. The normalized spacial score (nSPS) is 12.0. The van der Waals surface area contributed by atoms with Crippen LogP contribution >= 0.6 is 0 Å². The third kappa shape index (κ3) is 5.96. The van der Waals surface area contributed by atoms with Crippen LogP contribution in [-0.2, 0) is 0 Å². The van der Waals surface area contributed by atoms with Crippen molar-refractivity contribution in [1.29, 1.82) is 0 Å². The van der Waals surface area contributed by atoms with Gasteiger partial charge in [-0.15, -0.1) is 0 Å². The number of hydrogen-bond acceptors (Lipinski definition) is 1. The van der Waals surface area contributed by atoms with Gasteiger partial charge < -0.3 is 5.32 Å². The van der Waals surface area contributed by atoms with Crippen LogP contribution in [0.15, 0.2) is 0 Å². The number of rotatable bonds is 2. The lowest BCUT2D eigenvalue weighted by molar-refractivity contribution is 0.388. The first kappa shape index (κ1) is 7.96. The second kappa shape index (κ2) is 3.08. The van der Waals surface area contributed by atoms with Crippen molar-refractivity contribution < 1.29 is 0 Å². The molecule has 0 aromatic carbocycles. The highest BCUT2D eigenvalue weighted by atomic mass is 14.9. The molecule has 0 saturated carbocycles. The van der Waals surface area contributed by atoms with Crippen LogP contribution in [0, 0.1) is 12.3 Å². The standard InChI is InChI=1S/C7H16N/c1-5-8-6-7(2,3)4/h8H,1,5-6H2,2-4H3. The Kier molecular flexibility index (Phi) is 3.06. The van der Waals surface area contributed by atoms with Crippen molar-refractivity contribution in [2.45, 2.75) is 20.8 Å². The van der Waals surface area contributed by atoms with Crippen LogP contribution in [0.1, 0.15) is 20.8 Å². The molecule has 0 heterocycles. The van der Waals surface area contributed by atoms with Crippen LogP contribution in [0.5, 0.6) is 0 Å². The Morgan fingerprint density at radius 2 is 1.88 bits per heavy atom. The Labute approximate surface area is 52.5 Å². The molecule has 0 aliphatic carbocycles. The highest BCUT2D eigenvalue weighted by Crippen LogP contribution is 2.09. The average molecular weight is 114 g/mol. The van der Waals surface area contributed by atoms with E-state index < -0.39 is 0 Å². The lowest BCUT2D eigenvalue weighted by Gasteiger charge is -2.17. The molecule has 1 nitrogen and oxygen atoms in total. The molecule has 0 rings (SSSR count). The summed E-state index contributed by atoms with van der Waals surface area (Å²) >= 11 is 0. The van der Waals surface area contributed by atoms with Gasteiger partial charge in [-0.05, 0) is 25.4 Å². The quantitative estimate of drug-likeness (QED) is 0.573. The molecule has 0 aliphatic rings. The number of nitrogens with one attached hydrogen (secondary N) is 1. The molecule has 1 N–H and O–H groups in total. The first-order chi connectivity index (χ1) is 3.56. The van der Waals surface area contributed by atoms with Gasteiger partial charge in [-0.3, -0.25) is 0 Å². The molecule has 0 aliphatic heterocycles. The molecule has 0 spiro atoms. The molecule has 0 bridgehead atoms. The zero-order valence-electron chi connectivity index (χ0n) is 6.12. The molecule has 0 atom stereocenters. The summed E-state index contributed by atoms with van der Waals surface area (Å²) in [6.45, 7) is 12.2. The van der Waals surface area contributed by atoms with Crippen LogP contribution in [0.2, 0.25) is 0 Å². The second-order valence-electron chi connectivity index (χ2n) is 3.24. The van der Waals surface area contributed by atoms with E-state index in [1.54, 1.807) is 0 Å². The average Bonchev–Trinajstić information content (AvgIpc) is 1.59. The van der Waals surface area contributed by atoms with Gasteiger partial charge in [-0.2, -0.15) is 0 Å². The topological polar surface area (TPSA) is 12.0 Å². The van der Waals surface area contributed by atoms with Crippen molar-refractivity contribution in [2.24, 2.45) is 5.41 Å². The lowest BCUT2D eigenvalue weighted by atomic mass is 9.97. The predicted octanol–water partition coefficient (Wildman–Crippen LogP) is 1.46. The molecule has 0 unspecified atom stereocenters. The van der Waals surface area contributed by atoms with Gasteiger partial charge in [0.05, 0.1) is 0 Å². The summed E-state index contributed by atoms with van der Waals surface area (Å²) in [5.74, 6) is 0. The maximum Gasteiger partial charge on any atom is -0.0000125 e. The maximum absolute atomic E-state index is 3.68. The van der Waals surface area contributed by atoms with Crippen molar-refractivity contribution in [3.05, 3.63) is 6.92 Å². The first-order valence-corrected chi connectivity index (χ1v) is 3.06. The summed E-state index contributed by atoms with van der Waals surface area (Å²) in [4.78, 5) is 0. The van der Waals surface area contributed by atoms with Crippen molar-refractivity contribution in [3.8, 4) is 0 Å². The van der Waals surface area contributed by atoms with Gasteiger partial charge in [0.1, 0.15) is 0 Å². The Balaban J connectivity index is 3.11. The van der Waals surface area contributed by atoms with E-state index in [-0.39, 0.29) is 0 Å². The third-order valence-corrected chi connectivity index (χ3v) is 0.832. The molecule has 0 amide bonds. The van der Waals surface area contributed by atoms with Gasteiger partial charge in [0.15, 0.2) is 0 Å². The Bertz CT molecular complexity index is 51.9. The molecule has 0 aromatic rings. The first-order valence-electron chi connectivity index (χ1n) is 3.06. The van der Waals surface area contributed by atoms with Crippen LogP contribution in [0.3, 0.4) is 0 Å². The summed E-state index contributed by atoms with van der Waals surface area (Å²) in [5, 5.41) is 3.18. The largest absolute Gasteiger partial charge is 0.316 e. The molecular weight excluding hydrogens is 98.1 g/mol. The van der Waals surface area contributed by atoms with Crippen LogP contribution in [-0.4, -0.2) is 13.1 Å². The molecule has 0 saturated heterocycles.